The average Bonchev–Trinajstić information content (AvgIpc) is 2.67. The molecule has 0 atom stereocenters. The van der Waals surface area contributed by atoms with Crippen LogP contribution in [0.3, 0.4) is 0 Å². The lowest BCUT2D eigenvalue weighted by Crippen LogP contribution is -2.39. The Hall–Kier alpha value is 0.0900. The number of carbonyl (C=O) groups is 1. The Bertz CT molecular complexity index is 311. The van der Waals surface area contributed by atoms with E-state index in [1.54, 1.807) is 14.2 Å². The molecule has 0 unspecified atom stereocenters. The van der Waals surface area contributed by atoms with Crippen LogP contribution in [0.2, 0.25) is 0 Å². The molecule has 0 aromatic carbocycles. The zero-order valence-electron chi connectivity index (χ0n) is 17.3. The molecule has 0 aromatic rings. The van der Waals surface area contributed by atoms with Gasteiger partial charge >= 0.3 is 5.97 Å². The summed E-state index contributed by atoms with van der Waals surface area (Å²) in [5.74, 6) is 0.0816. The van der Waals surface area contributed by atoms with Gasteiger partial charge in [0.25, 0.3) is 0 Å². The Morgan fingerprint density at radius 3 is 2.12 bits per heavy atom. The zero-order chi connectivity index (χ0) is 19.7. The molecule has 1 aliphatic heterocycles. The lowest BCUT2D eigenvalue weighted by Gasteiger charge is -2.30. The molecule has 0 aliphatic carbocycles. The van der Waals surface area contributed by atoms with Gasteiger partial charge in [0, 0.05) is 27.3 Å². The molecule has 6 nitrogen and oxygen atoms in total. The van der Waals surface area contributed by atoms with Gasteiger partial charge in [-0.05, 0) is 38.2 Å². The van der Waals surface area contributed by atoms with Crippen LogP contribution in [-0.2, 0) is 23.3 Å². The average molecular weight is 400 g/mol. The predicted molar refractivity (Wildman–Crippen MR) is 108 cm³/mol. The highest BCUT2D eigenvalue weighted by atomic mass is 32.7. The highest BCUT2D eigenvalue weighted by Gasteiger charge is 2.30. The Morgan fingerprint density at radius 1 is 1.12 bits per heavy atom. The van der Waals surface area contributed by atoms with Crippen LogP contribution in [-0.4, -0.2) is 63.9 Å². The molecule has 1 rings (SSSR count). The van der Waals surface area contributed by atoms with Crippen LogP contribution in [0.25, 0.3) is 0 Å². The number of rotatable bonds is 9. The lowest BCUT2D eigenvalue weighted by atomic mass is 9.89. The third kappa shape index (κ3) is 13.0. The second kappa shape index (κ2) is 17.5. The van der Waals surface area contributed by atoms with E-state index in [4.69, 9.17) is 18.5 Å². The SMILES string of the molecule is CC.CC.COP(OC)SCOC(=O)C(C)(C)CCN1CCOCC1. The van der Waals surface area contributed by atoms with Gasteiger partial charge in [0.15, 0.2) is 0 Å². The summed E-state index contributed by atoms with van der Waals surface area (Å²) in [6, 6.07) is 0. The van der Waals surface area contributed by atoms with Crippen LogP contribution in [0, 0.1) is 5.41 Å². The smallest absolute Gasteiger partial charge is 0.312 e. The molecule has 0 radical (unpaired) electrons. The Labute approximate surface area is 160 Å². The molecule has 0 amide bonds. The fourth-order valence-electron chi connectivity index (χ4n) is 1.86. The van der Waals surface area contributed by atoms with Crippen molar-refractivity contribution >= 4 is 24.9 Å². The van der Waals surface area contributed by atoms with Crippen molar-refractivity contribution in [3.63, 3.8) is 0 Å². The van der Waals surface area contributed by atoms with Crippen LogP contribution < -0.4 is 0 Å². The summed E-state index contributed by atoms with van der Waals surface area (Å²) in [5, 5.41) is 0. The first-order valence-electron chi connectivity index (χ1n) is 8.98. The molecule has 0 bridgehead atoms. The van der Waals surface area contributed by atoms with E-state index < -0.39 is 13.0 Å². The summed E-state index contributed by atoms with van der Waals surface area (Å²) in [6.45, 7) is 16.2. The fourth-order valence-corrected chi connectivity index (χ4v) is 3.52. The van der Waals surface area contributed by atoms with Crippen LogP contribution in [0.4, 0.5) is 0 Å². The molecule has 1 fully saturated rings. The molecule has 0 aromatic heterocycles. The summed E-state index contributed by atoms with van der Waals surface area (Å²) < 4.78 is 20.8. The second-order valence-corrected chi connectivity index (χ2v) is 8.70. The molecule has 152 valence electrons. The van der Waals surface area contributed by atoms with Crippen LogP contribution in [0.1, 0.15) is 48.0 Å². The van der Waals surface area contributed by atoms with Crippen molar-refractivity contribution in [2.24, 2.45) is 5.41 Å². The van der Waals surface area contributed by atoms with E-state index in [1.807, 2.05) is 41.5 Å². The Kier molecular flexibility index (Phi) is 19.1. The Morgan fingerprint density at radius 2 is 1.64 bits per heavy atom. The van der Waals surface area contributed by atoms with Gasteiger partial charge in [-0.15, -0.1) is 0 Å². The molecule has 8 heteroatoms. The summed E-state index contributed by atoms with van der Waals surface area (Å²) in [7, 11) is 2.14. The van der Waals surface area contributed by atoms with Crippen LogP contribution in [0.5, 0.6) is 0 Å². The van der Waals surface area contributed by atoms with Crippen LogP contribution in [0.15, 0.2) is 0 Å². The van der Waals surface area contributed by atoms with E-state index in [0.717, 1.165) is 39.3 Å². The predicted octanol–water partition coefficient (Wildman–Crippen LogP) is 4.54. The monoisotopic (exact) mass is 399 g/mol. The minimum Gasteiger partial charge on any atom is -0.454 e. The van der Waals surface area contributed by atoms with E-state index in [-0.39, 0.29) is 11.9 Å². The molecular formula is C17H38NO5PS. The van der Waals surface area contributed by atoms with Crippen molar-refractivity contribution in [1.82, 2.24) is 4.90 Å². The molecule has 25 heavy (non-hydrogen) atoms. The quantitative estimate of drug-likeness (QED) is 0.320. The van der Waals surface area contributed by atoms with E-state index in [0.29, 0.717) is 0 Å². The number of morpholine rings is 1. The minimum atomic E-state index is -1.02. The maximum absolute atomic E-state index is 12.1. The van der Waals surface area contributed by atoms with E-state index in [1.165, 1.54) is 11.4 Å². The first-order valence-corrected chi connectivity index (χ1v) is 11.7. The normalized spacial score (nSPS) is 14.9. The molecular weight excluding hydrogens is 361 g/mol. The van der Waals surface area contributed by atoms with Gasteiger partial charge < -0.3 is 18.5 Å². The van der Waals surface area contributed by atoms with Gasteiger partial charge in [-0.25, -0.2) is 0 Å². The number of nitrogens with zero attached hydrogens (tertiary/aromatic N) is 1. The maximum atomic E-state index is 12.1. The maximum Gasteiger partial charge on any atom is 0.312 e. The third-order valence-corrected chi connectivity index (χ3v) is 6.23. The van der Waals surface area contributed by atoms with Crippen molar-refractivity contribution in [2.45, 2.75) is 48.0 Å². The van der Waals surface area contributed by atoms with Gasteiger partial charge in [-0.1, -0.05) is 27.7 Å². The van der Waals surface area contributed by atoms with E-state index in [2.05, 4.69) is 4.90 Å². The summed E-state index contributed by atoms with van der Waals surface area (Å²) >= 11 is 1.36. The van der Waals surface area contributed by atoms with Crippen LogP contribution >= 0.6 is 19.0 Å². The minimum absolute atomic E-state index is 0.176. The zero-order valence-corrected chi connectivity index (χ0v) is 19.0. The van der Waals surface area contributed by atoms with Crippen molar-refractivity contribution in [3.05, 3.63) is 0 Å². The van der Waals surface area contributed by atoms with Gasteiger partial charge in [-0.2, -0.15) is 0 Å². The Balaban J connectivity index is 0. The molecule has 0 spiro atoms. The van der Waals surface area contributed by atoms with Crippen molar-refractivity contribution < 1.29 is 23.3 Å². The van der Waals surface area contributed by atoms with E-state index >= 15 is 0 Å². The van der Waals surface area contributed by atoms with Crippen molar-refractivity contribution in [3.8, 4) is 0 Å². The second-order valence-electron chi connectivity index (χ2n) is 5.36. The summed E-state index contributed by atoms with van der Waals surface area (Å²) in [4.78, 5) is 14.5. The third-order valence-electron chi connectivity index (χ3n) is 3.36. The number of carbonyl (C=O) groups excluding carboxylic acids is 1. The molecule has 0 N–H and O–H groups in total. The fraction of sp³-hybridized carbons (Fsp3) is 0.941. The lowest BCUT2D eigenvalue weighted by molar-refractivity contribution is -0.152. The highest BCUT2D eigenvalue weighted by molar-refractivity contribution is 8.52. The molecule has 0 saturated carbocycles. The highest BCUT2D eigenvalue weighted by Crippen LogP contribution is 2.50. The number of ether oxygens (including phenoxy) is 2. The number of esters is 1. The van der Waals surface area contributed by atoms with Gasteiger partial charge in [-0.3, -0.25) is 9.69 Å². The largest absolute Gasteiger partial charge is 0.454 e. The molecule has 1 heterocycles. The molecule has 1 aliphatic rings. The van der Waals surface area contributed by atoms with Gasteiger partial charge in [0.05, 0.1) is 18.6 Å². The van der Waals surface area contributed by atoms with Crippen molar-refractivity contribution in [2.75, 3.05) is 53.0 Å². The number of hydrogen-bond acceptors (Lipinski definition) is 7. The summed E-state index contributed by atoms with van der Waals surface area (Å²) in [6.07, 6.45) is 0.778. The van der Waals surface area contributed by atoms with Gasteiger partial charge in [0.1, 0.15) is 5.94 Å². The topological polar surface area (TPSA) is 57.2 Å². The molecule has 1 saturated heterocycles. The standard InChI is InChI=1S/C13H26NO5PS.2C2H6/c1-13(2,5-6-14-7-9-18-10-8-14)12(15)19-11-21-20(16-3)17-4;2*1-2/h5-11H2,1-4H3;2*1-2H3. The van der Waals surface area contributed by atoms with Crippen molar-refractivity contribution in [1.29, 1.82) is 0 Å². The van der Waals surface area contributed by atoms with Gasteiger partial charge in [0.2, 0.25) is 7.58 Å². The summed E-state index contributed by atoms with van der Waals surface area (Å²) in [5.41, 5.74) is -0.484. The first kappa shape index (κ1) is 27.3. The van der Waals surface area contributed by atoms with E-state index in [9.17, 15) is 4.79 Å². The number of hydrogen-bond donors (Lipinski definition) is 0. The first-order chi connectivity index (χ1) is 12.0.